The van der Waals surface area contributed by atoms with Crippen molar-refractivity contribution in [1.29, 1.82) is 0 Å². The van der Waals surface area contributed by atoms with E-state index in [9.17, 15) is 4.79 Å². The minimum atomic E-state index is 0.234. The number of hydrogen-bond donors (Lipinski definition) is 0. The Bertz CT molecular complexity index is 765. The van der Waals surface area contributed by atoms with Gasteiger partial charge in [0, 0.05) is 49.8 Å². The lowest BCUT2D eigenvalue weighted by Crippen LogP contribution is -2.54. The molecule has 0 spiro atoms. The number of para-hydroxylation sites is 1. The van der Waals surface area contributed by atoms with Crippen molar-refractivity contribution < 1.29 is 4.79 Å². The lowest BCUT2D eigenvalue weighted by atomic mass is 9.80. The number of fused-ring (bicyclic) bond motifs is 2. The Morgan fingerprint density at radius 3 is 2.86 bits per heavy atom. The topological polar surface area (TPSA) is 28.5 Å². The Morgan fingerprint density at radius 2 is 2.05 bits per heavy atom. The van der Waals surface area contributed by atoms with Crippen LogP contribution >= 0.6 is 0 Å². The normalized spacial score (nSPS) is 32.9. The molecular formula is C18H21N3O. The zero-order chi connectivity index (χ0) is 14.8. The smallest absolute Gasteiger partial charge is 0.256 e. The highest BCUT2D eigenvalue weighted by Gasteiger charge is 2.51. The van der Waals surface area contributed by atoms with Gasteiger partial charge in [-0.3, -0.25) is 4.79 Å². The zero-order valence-corrected chi connectivity index (χ0v) is 12.9. The van der Waals surface area contributed by atoms with Gasteiger partial charge in [-0.25, -0.2) is 0 Å². The zero-order valence-electron chi connectivity index (χ0n) is 12.9. The summed E-state index contributed by atoms with van der Waals surface area (Å²) in [5, 5.41) is 1.09. The SMILES string of the molecule is Cn1cc(C(=O)N2C[C@@H]3CN4CC[C@@H]3[C@@H]2C4)c2ccccc21. The molecule has 1 unspecified atom stereocenters. The third-order valence-electron chi connectivity index (χ3n) is 6.04. The maximum atomic E-state index is 13.2. The van der Waals surface area contributed by atoms with E-state index in [1.165, 1.54) is 19.5 Å². The van der Waals surface area contributed by atoms with Crippen LogP contribution in [0.25, 0.3) is 10.9 Å². The van der Waals surface area contributed by atoms with Crippen molar-refractivity contribution in [3.05, 3.63) is 36.0 Å². The Balaban J connectivity index is 1.54. The molecule has 4 aliphatic rings. The van der Waals surface area contributed by atoms with E-state index in [4.69, 9.17) is 0 Å². The Kier molecular flexibility index (Phi) is 2.51. The molecule has 0 saturated carbocycles. The summed E-state index contributed by atoms with van der Waals surface area (Å²) in [6.45, 7) is 4.46. The molecule has 0 N–H and O–H groups in total. The van der Waals surface area contributed by atoms with Crippen molar-refractivity contribution in [2.45, 2.75) is 12.5 Å². The summed E-state index contributed by atoms with van der Waals surface area (Å²) in [4.78, 5) is 17.9. The average Bonchev–Trinajstić information content (AvgIpc) is 3.03. The van der Waals surface area contributed by atoms with E-state index in [1.807, 2.05) is 25.4 Å². The number of piperidine rings is 3. The van der Waals surface area contributed by atoms with Crippen molar-refractivity contribution in [1.82, 2.24) is 14.4 Å². The van der Waals surface area contributed by atoms with Crippen molar-refractivity contribution in [2.24, 2.45) is 18.9 Å². The van der Waals surface area contributed by atoms with Gasteiger partial charge in [-0.2, -0.15) is 0 Å². The van der Waals surface area contributed by atoms with Crippen molar-refractivity contribution >= 4 is 16.8 Å². The summed E-state index contributed by atoms with van der Waals surface area (Å²) in [7, 11) is 2.02. The second-order valence-corrected chi connectivity index (χ2v) is 7.17. The van der Waals surface area contributed by atoms with Gasteiger partial charge in [0.15, 0.2) is 0 Å². The van der Waals surface area contributed by atoms with Crippen molar-refractivity contribution in [2.75, 3.05) is 26.2 Å². The van der Waals surface area contributed by atoms with Crippen LogP contribution in [0.15, 0.2) is 30.5 Å². The Morgan fingerprint density at radius 1 is 1.18 bits per heavy atom. The van der Waals surface area contributed by atoms with Gasteiger partial charge in [0.05, 0.1) is 5.56 Å². The first-order valence-electron chi connectivity index (χ1n) is 8.30. The minimum absolute atomic E-state index is 0.234. The second-order valence-electron chi connectivity index (χ2n) is 7.17. The lowest BCUT2D eigenvalue weighted by molar-refractivity contribution is 0.0423. The number of nitrogens with zero attached hydrogens (tertiary/aromatic N) is 3. The van der Waals surface area contributed by atoms with Gasteiger partial charge in [0.25, 0.3) is 5.91 Å². The summed E-state index contributed by atoms with van der Waals surface area (Å²) in [5.41, 5.74) is 2.01. The van der Waals surface area contributed by atoms with E-state index < -0.39 is 0 Å². The fraction of sp³-hybridized carbons (Fsp3) is 0.500. The molecular weight excluding hydrogens is 274 g/mol. The van der Waals surface area contributed by atoms with Crippen LogP contribution in [-0.2, 0) is 7.05 Å². The fourth-order valence-electron chi connectivity index (χ4n) is 5.01. The molecule has 4 nitrogen and oxygen atoms in total. The molecule has 4 bridgehead atoms. The van der Waals surface area contributed by atoms with E-state index in [2.05, 4.69) is 26.5 Å². The Hall–Kier alpha value is -1.81. The maximum absolute atomic E-state index is 13.2. The molecule has 4 fully saturated rings. The van der Waals surface area contributed by atoms with Crippen LogP contribution in [0.3, 0.4) is 0 Å². The highest BCUT2D eigenvalue weighted by Crippen LogP contribution is 2.42. The minimum Gasteiger partial charge on any atom is -0.350 e. The molecule has 4 aliphatic heterocycles. The molecule has 0 radical (unpaired) electrons. The number of hydrogen-bond acceptors (Lipinski definition) is 2. The van der Waals surface area contributed by atoms with Crippen molar-refractivity contribution in [3.63, 3.8) is 0 Å². The standard InChI is InChI=1S/C18H21N3O/c1-19-10-15(14-4-2-3-5-16(14)19)18(22)21-9-12-8-20-7-6-13(12)17(21)11-20/h2-5,10,12-13,17H,6-9,11H2,1H3/t12-,13-,17-/m0/s1. The van der Waals surface area contributed by atoms with E-state index in [0.717, 1.165) is 35.5 Å². The molecule has 5 heterocycles. The van der Waals surface area contributed by atoms with Gasteiger partial charge < -0.3 is 14.4 Å². The van der Waals surface area contributed by atoms with Gasteiger partial charge >= 0.3 is 0 Å². The summed E-state index contributed by atoms with van der Waals surface area (Å²) in [5.74, 6) is 1.67. The number of amides is 1. The number of carbonyl (C=O) groups excluding carboxylic acids is 1. The third kappa shape index (κ3) is 1.59. The quantitative estimate of drug-likeness (QED) is 0.804. The van der Waals surface area contributed by atoms with E-state index in [-0.39, 0.29) is 5.91 Å². The van der Waals surface area contributed by atoms with Gasteiger partial charge in [0.1, 0.15) is 0 Å². The van der Waals surface area contributed by atoms with E-state index in [1.54, 1.807) is 0 Å². The number of rotatable bonds is 1. The van der Waals surface area contributed by atoms with Crippen LogP contribution in [0.4, 0.5) is 0 Å². The van der Waals surface area contributed by atoms with Crippen LogP contribution in [0.2, 0.25) is 0 Å². The molecule has 4 heteroatoms. The van der Waals surface area contributed by atoms with Gasteiger partial charge in [-0.15, -0.1) is 0 Å². The molecule has 1 amide bonds. The highest BCUT2D eigenvalue weighted by atomic mass is 16.2. The summed E-state index contributed by atoms with van der Waals surface area (Å²) < 4.78 is 2.07. The number of aromatic nitrogens is 1. The van der Waals surface area contributed by atoms with E-state index in [0.29, 0.717) is 12.0 Å². The summed E-state index contributed by atoms with van der Waals surface area (Å²) in [6.07, 6.45) is 3.28. The number of likely N-dealkylation sites (tertiary alicyclic amines) is 1. The van der Waals surface area contributed by atoms with Crippen LogP contribution in [0, 0.1) is 11.8 Å². The van der Waals surface area contributed by atoms with E-state index >= 15 is 0 Å². The number of benzene rings is 1. The summed E-state index contributed by atoms with van der Waals surface area (Å²) in [6, 6.07) is 8.66. The first-order valence-corrected chi connectivity index (χ1v) is 8.30. The number of aryl methyl sites for hydroxylation is 1. The van der Waals surface area contributed by atoms with Crippen LogP contribution in [-0.4, -0.2) is 52.5 Å². The molecule has 2 aromatic rings. The highest BCUT2D eigenvalue weighted by molar-refractivity contribution is 6.07. The van der Waals surface area contributed by atoms with Crippen LogP contribution in [0.1, 0.15) is 16.8 Å². The Labute approximate surface area is 130 Å². The molecule has 1 aromatic carbocycles. The molecule has 0 aliphatic carbocycles. The van der Waals surface area contributed by atoms with Gasteiger partial charge in [-0.1, -0.05) is 18.2 Å². The fourth-order valence-corrected chi connectivity index (χ4v) is 5.01. The third-order valence-corrected chi connectivity index (χ3v) is 6.04. The lowest BCUT2D eigenvalue weighted by Gasteiger charge is -2.44. The van der Waals surface area contributed by atoms with Crippen LogP contribution in [0.5, 0.6) is 0 Å². The molecule has 114 valence electrons. The van der Waals surface area contributed by atoms with Gasteiger partial charge in [0.2, 0.25) is 0 Å². The first kappa shape index (κ1) is 12.7. The average molecular weight is 295 g/mol. The first-order chi connectivity index (χ1) is 10.7. The maximum Gasteiger partial charge on any atom is 0.256 e. The molecule has 1 aromatic heterocycles. The molecule has 4 atom stereocenters. The number of carbonyl (C=O) groups is 1. The van der Waals surface area contributed by atoms with Gasteiger partial charge in [-0.05, 0) is 30.9 Å². The molecule has 6 rings (SSSR count). The largest absolute Gasteiger partial charge is 0.350 e. The predicted octanol–water partition coefficient (Wildman–Crippen LogP) is 1.95. The molecule has 22 heavy (non-hydrogen) atoms. The van der Waals surface area contributed by atoms with Crippen LogP contribution < -0.4 is 0 Å². The van der Waals surface area contributed by atoms with Crippen molar-refractivity contribution in [3.8, 4) is 0 Å². The second kappa shape index (κ2) is 4.35. The monoisotopic (exact) mass is 295 g/mol. The predicted molar refractivity (Wildman–Crippen MR) is 85.8 cm³/mol. The molecule has 4 saturated heterocycles. The summed E-state index contributed by atoms with van der Waals surface area (Å²) >= 11 is 0.